The molecule has 0 heterocycles. The first-order valence-corrected chi connectivity index (χ1v) is 8.89. The lowest BCUT2D eigenvalue weighted by Gasteiger charge is -2.23. The summed E-state index contributed by atoms with van der Waals surface area (Å²) in [7, 11) is 1.61. The van der Waals surface area contributed by atoms with Gasteiger partial charge in [0.05, 0.1) is 19.1 Å². The summed E-state index contributed by atoms with van der Waals surface area (Å²) < 4.78 is 5.21. The molecule has 0 saturated heterocycles. The van der Waals surface area contributed by atoms with Crippen LogP contribution in [0, 0.1) is 11.3 Å². The van der Waals surface area contributed by atoms with Crippen molar-refractivity contribution in [3.63, 3.8) is 0 Å². The van der Waals surface area contributed by atoms with Crippen LogP contribution in [0.4, 0.5) is 0 Å². The minimum absolute atomic E-state index is 0.0400. The number of carbonyl (C=O) groups is 1. The summed E-state index contributed by atoms with van der Waals surface area (Å²) in [5, 5.41) is 9.93. The predicted octanol–water partition coefficient (Wildman–Crippen LogP) is 5.36. The van der Waals surface area contributed by atoms with Crippen LogP contribution in [0.5, 0.6) is 5.75 Å². The summed E-state index contributed by atoms with van der Waals surface area (Å²) >= 11 is 0. The Balaban J connectivity index is 1.95. The van der Waals surface area contributed by atoms with E-state index in [2.05, 4.69) is 6.07 Å². The van der Waals surface area contributed by atoms with Crippen molar-refractivity contribution in [2.75, 3.05) is 7.11 Å². The van der Waals surface area contributed by atoms with Crippen molar-refractivity contribution in [2.45, 2.75) is 18.3 Å². The number of nitrogens with zero attached hydrogens (tertiary/aromatic N) is 1. The average molecular weight is 355 g/mol. The lowest BCUT2D eigenvalue weighted by Crippen LogP contribution is -2.15. The lowest BCUT2D eigenvalue weighted by molar-refractivity contribution is 0.0971. The summed E-state index contributed by atoms with van der Waals surface area (Å²) in [5.41, 5.74) is 2.54. The fraction of sp³-hybridized carbons (Fsp3) is 0.167. The number of carbonyl (C=O) groups excluding carboxylic acids is 1. The largest absolute Gasteiger partial charge is 0.497 e. The van der Waals surface area contributed by atoms with E-state index in [0.29, 0.717) is 5.56 Å². The molecule has 0 aliphatic heterocycles. The van der Waals surface area contributed by atoms with Gasteiger partial charge in [-0.25, -0.2) is 0 Å². The molecule has 0 unspecified atom stereocenters. The Morgan fingerprint density at radius 3 is 2.04 bits per heavy atom. The van der Waals surface area contributed by atoms with Crippen molar-refractivity contribution in [3.05, 3.63) is 102 Å². The molecule has 134 valence electrons. The van der Waals surface area contributed by atoms with E-state index in [4.69, 9.17) is 4.74 Å². The zero-order chi connectivity index (χ0) is 19.1. The standard InChI is InChI=1S/C24H21NO2/c1-27-21-14-12-19(13-15-21)23(17-25)22(18-8-4-2-5-9-18)16-24(26)20-10-6-3-7-11-20/h2-15,22-23H,16H2,1H3/t22-,23+/m1/s1. The number of hydrogen-bond donors (Lipinski definition) is 0. The summed E-state index contributed by atoms with van der Waals surface area (Å²) in [4.78, 5) is 12.9. The van der Waals surface area contributed by atoms with E-state index in [9.17, 15) is 10.1 Å². The number of rotatable bonds is 7. The number of ketones is 1. The minimum Gasteiger partial charge on any atom is -0.497 e. The Labute approximate surface area is 159 Å². The highest BCUT2D eigenvalue weighted by Gasteiger charge is 2.27. The molecule has 0 N–H and O–H groups in total. The normalized spacial score (nSPS) is 12.6. The molecule has 3 heteroatoms. The molecule has 0 aromatic heterocycles. The third kappa shape index (κ3) is 4.43. The number of benzene rings is 3. The zero-order valence-electron chi connectivity index (χ0n) is 15.2. The molecular weight excluding hydrogens is 334 g/mol. The van der Waals surface area contributed by atoms with E-state index >= 15 is 0 Å². The molecule has 0 aliphatic carbocycles. The molecule has 0 bridgehead atoms. The van der Waals surface area contributed by atoms with Crippen LogP contribution in [-0.4, -0.2) is 12.9 Å². The maximum absolute atomic E-state index is 12.9. The lowest BCUT2D eigenvalue weighted by atomic mass is 9.78. The van der Waals surface area contributed by atoms with Gasteiger partial charge in [0.2, 0.25) is 0 Å². The monoisotopic (exact) mass is 355 g/mol. The molecule has 3 aromatic rings. The summed E-state index contributed by atoms with van der Waals surface area (Å²) in [5.74, 6) is 0.133. The highest BCUT2D eigenvalue weighted by atomic mass is 16.5. The number of methoxy groups -OCH3 is 1. The van der Waals surface area contributed by atoms with Crippen LogP contribution in [0.3, 0.4) is 0 Å². The molecule has 0 spiro atoms. The van der Waals surface area contributed by atoms with E-state index < -0.39 is 5.92 Å². The Hall–Kier alpha value is -3.38. The van der Waals surface area contributed by atoms with E-state index in [0.717, 1.165) is 16.9 Å². The maximum atomic E-state index is 12.9. The van der Waals surface area contributed by atoms with Crippen LogP contribution < -0.4 is 4.74 Å². The molecule has 0 amide bonds. The number of hydrogen-bond acceptors (Lipinski definition) is 3. The van der Waals surface area contributed by atoms with E-state index in [1.54, 1.807) is 7.11 Å². The topological polar surface area (TPSA) is 50.1 Å². The van der Waals surface area contributed by atoms with Crippen LogP contribution in [0.2, 0.25) is 0 Å². The average Bonchev–Trinajstić information content (AvgIpc) is 2.75. The van der Waals surface area contributed by atoms with Gasteiger partial charge < -0.3 is 4.74 Å². The molecular formula is C24H21NO2. The number of Topliss-reactive ketones (excluding diaryl/α,β-unsaturated/α-hetero) is 1. The van der Waals surface area contributed by atoms with Gasteiger partial charge in [-0.3, -0.25) is 4.79 Å². The molecule has 0 fully saturated rings. The Bertz CT molecular complexity index is 912. The first kappa shape index (κ1) is 18.4. The molecule has 0 radical (unpaired) electrons. The van der Waals surface area contributed by atoms with Crippen LogP contribution in [0.15, 0.2) is 84.9 Å². The zero-order valence-corrected chi connectivity index (χ0v) is 15.2. The fourth-order valence-corrected chi connectivity index (χ4v) is 3.28. The predicted molar refractivity (Wildman–Crippen MR) is 106 cm³/mol. The van der Waals surface area contributed by atoms with Crippen molar-refractivity contribution in [1.29, 1.82) is 5.26 Å². The second-order valence-electron chi connectivity index (χ2n) is 6.39. The second-order valence-corrected chi connectivity index (χ2v) is 6.39. The fourth-order valence-electron chi connectivity index (χ4n) is 3.28. The Morgan fingerprint density at radius 1 is 0.889 bits per heavy atom. The number of ether oxygens (including phenoxy) is 1. The maximum Gasteiger partial charge on any atom is 0.163 e. The van der Waals surface area contributed by atoms with Gasteiger partial charge in [0, 0.05) is 17.9 Å². The van der Waals surface area contributed by atoms with Gasteiger partial charge in [-0.1, -0.05) is 72.8 Å². The van der Waals surface area contributed by atoms with Crippen LogP contribution >= 0.6 is 0 Å². The van der Waals surface area contributed by atoms with E-state index in [1.165, 1.54) is 0 Å². The first-order chi connectivity index (χ1) is 13.2. The first-order valence-electron chi connectivity index (χ1n) is 8.89. The van der Waals surface area contributed by atoms with E-state index in [-0.39, 0.29) is 18.1 Å². The third-order valence-electron chi connectivity index (χ3n) is 4.75. The van der Waals surface area contributed by atoms with Crippen molar-refractivity contribution < 1.29 is 9.53 Å². The highest BCUT2D eigenvalue weighted by molar-refractivity contribution is 5.96. The van der Waals surface area contributed by atoms with E-state index in [1.807, 2.05) is 84.9 Å². The summed E-state index contributed by atoms with van der Waals surface area (Å²) in [6.45, 7) is 0. The minimum atomic E-state index is -0.425. The highest BCUT2D eigenvalue weighted by Crippen LogP contribution is 2.36. The van der Waals surface area contributed by atoms with Gasteiger partial charge in [-0.05, 0) is 23.3 Å². The smallest absolute Gasteiger partial charge is 0.163 e. The summed E-state index contributed by atoms with van der Waals surface area (Å²) in [6, 6.07) is 28.9. The molecule has 0 saturated carbocycles. The van der Waals surface area contributed by atoms with Crippen LogP contribution in [-0.2, 0) is 0 Å². The second kappa shape index (κ2) is 8.82. The Morgan fingerprint density at radius 2 is 1.48 bits per heavy atom. The van der Waals surface area contributed by atoms with Gasteiger partial charge >= 0.3 is 0 Å². The Kier molecular flexibility index (Phi) is 6.02. The van der Waals surface area contributed by atoms with Crippen molar-refractivity contribution in [1.82, 2.24) is 0 Å². The van der Waals surface area contributed by atoms with Gasteiger partial charge in [0.25, 0.3) is 0 Å². The van der Waals surface area contributed by atoms with Gasteiger partial charge in [0.1, 0.15) is 5.75 Å². The molecule has 3 nitrogen and oxygen atoms in total. The van der Waals surface area contributed by atoms with Crippen molar-refractivity contribution in [3.8, 4) is 11.8 Å². The van der Waals surface area contributed by atoms with Crippen molar-refractivity contribution >= 4 is 5.78 Å². The molecule has 27 heavy (non-hydrogen) atoms. The molecule has 0 aliphatic rings. The quantitative estimate of drug-likeness (QED) is 0.536. The molecule has 3 rings (SSSR count). The molecule has 2 atom stereocenters. The van der Waals surface area contributed by atoms with Crippen molar-refractivity contribution in [2.24, 2.45) is 0 Å². The SMILES string of the molecule is COc1ccc([C@H](C#N)[C@H](CC(=O)c2ccccc2)c2ccccc2)cc1. The number of nitriles is 1. The van der Waals surface area contributed by atoms with Gasteiger partial charge in [-0.2, -0.15) is 5.26 Å². The van der Waals surface area contributed by atoms with Gasteiger partial charge in [0.15, 0.2) is 5.78 Å². The summed E-state index contributed by atoms with van der Waals surface area (Å²) in [6.07, 6.45) is 0.276. The van der Waals surface area contributed by atoms with Crippen LogP contribution in [0.25, 0.3) is 0 Å². The third-order valence-corrected chi connectivity index (χ3v) is 4.75. The van der Waals surface area contributed by atoms with Crippen LogP contribution in [0.1, 0.15) is 39.7 Å². The molecule has 3 aromatic carbocycles. The van der Waals surface area contributed by atoms with Gasteiger partial charge in [-0.15, -0.1) is 0 Å².